The Morgan fingerprint density at radius 1 is 1.30 bits per heavy atom. The third kappa shape index (κ3) is 1.79. The second-order valence-electron chi connectivity index (χ2n) is 4.87. The maximum Gasteiger partial charge on any atom is 0.250 e. The van der Waals surface area contributed by atoms with Crippen molar-refractivity contribution in [2.75, 3.05) is 0 Å². The number of amides is 1. The van der Waals surface area contributed by atoms with Gasteiger partial charge in [-0.2, -0.15) is 0 Å². The molecule has 20 heavy (non-hydrogen) atoms. The Morgan fingerprint density at radius 2 is 2.05 bits per heavy atom. The largest absolute Gasteiger partial charge is 0.441 e. The van der Waals surface area contributed by atoms with Crippen LogP contribution in [0.25, 0.3) is 22.4 Å². The zero-order valence-corrected chi connectivity index (χ0v) is 11.6. The molecule has 2 N–H and O–H groups in total. The van der Waals surface area contributed by atoms with Crippen molar-refractivity contribution in [2.45, 2.75) is 13.8 Å². The van der Waals surface area contributed by atoms with Gasteiger partial charge in [-0.3, -0.25) is 4.79 Å². The summed E-state index contributed by atoms with van der Waals surface area (Å²) < 4.78 is 7.49. The molecule has 2 aromatic heterocycles. The van der Waals surface area contributed by atoms with E-state index in [1.165, 1.54) is 0 Å². The molecule has 0 radical (unpaired) electrons. The Labute approximate surface area is 116 Å². The standard InChI is InChI=1S/C15H15N3O2/c1-8-11(15(16)19)7-13(18(8)3)10-4-5-12-14(6-10)20-9(2)17-12/h4-7H,1-3H3,(H2,16,19). The van der Waals surface area contributed by atoms with Crippen LogP contribution in [0, 0.1) is 13.8 Å². The Bertz CT molecular complexity index is 827. The van der Waals surface area contributed by atoms with Crippen molar-refractivity contribution in [1.82, 2.24) is 9.55 Å². The predicted octanol–water partition coefficient (Wildman–Crippen LogP) is 2.55. The Balaban J connectivity index is 2.19. The number of benzene rings is 1. The highest BCUT2D eigenvalue weighted by molar-refractivity contribution is 5.96. The van der Waals surface area contributed by atoms with Crippen LogP contribution in [-0.2, 0) is 7.05 Å². The fourth-order valence-corrected chi connectivity index (χ4v) is 2.42. The minimum atomic E-state index is -0.416. The summed E-state index contributed by atoms with van der Waals surface area (Å²) in [6.45, 7) is 3.69. The lowest BCUT2D eigenvalue weighted by Crippen LogP contribution is -2.11. The van der Waals surface area contributed by atoms with Crippen molar-refractivity contribution >= 4 is 17.0 Å². The fourth-order valence-electron chi connectivity index (χ4n) is 2.42. The van der Waals surface area contributed by atoms with Crippen LogP contribution in [0.1, 0.15) is 21.9 Å². The molecule has 0 bridgehead atoms. The van der Waals surface area contributed by atoms with Gasteiger partial charge in [0.2, 0.25) is 0 Å². The number of rotatable bonds is 2. The smallest absolute Gasteiger partial charge is 0.250 e. The first-order valence-corrected chi connectivity index (χ1v) is 6.31. The summed E-state index contributed by atoms with van der Waals surface area (Å²) in [6, 6.07) is 7.61. The lowest BCUT2D eigenvalue weighted by Gasteiger charge is -2.04. The number of oxazole rings is 1. The highest BCUT2D eigenvalue weighted by Crippen LogP contribution is 2.28. The number of fused-ring (bicyclic) bond motifs is 1. The molecule has 0 aliphatic rings. The third-order valence-electron chi connectivity index (χ3n) is 3.59. The van der Waals surface area contributed by atoms with E-state index in [1.54, 1.807) is 0 Å². The zero-order valence-electron chi connectivity index (χ0n) is 11.6. The van der Waals surface area contributed by atoms with E-state index >= 15 is 0 Å². The van der Waals surface area contributed by atoms with Gasteiger partial charge in [-0.1, -0.05) is 6.07 Å². The van der Waals surface area contributed by atoms with Gasteiger partial charge in [0.25, 0.3) is 5.91 Å². The van der Waals surface area contributed by atoms with Crippen molar-refractivity contribution in [1.29, 1.82) is 0 Å². The van der Waals surface area contributed by atoms with Crippen molar-refractivity contribution in [3.8, 4) is 11.3 Å². The highest BCUT2D eigenvalue weighted by Gasteiger charge is 2.15. The fraction of sp³-hybridized carbons (Fsp3) is 0.200. The molecular weight excluding hydrogens is 254 g/mol. The summed E-state index contributed by atoms with van der Waals surface area (Å²) in [5, 5.41) is 0. The zero-order chi connectivity index (χ0) is 14.4. The minimum Gasteiger partial charge on any atom is -0.441 e. The van der Waals surface area contributed by atoms with Crippen molar-refractivity contribution in [2.24, 2.45) is 12.8 Å². The molecule has 0 unspecified atom stereocenters. The van der Waals surface area contributed by atoms with Gasteiger partial charge in [0.05, 0.1) is 5.56 Å². The van der Waals surface area contributed by atoms with Gasteiger partial charge >= 0.3 is 0 Å². The topological polar surface area (TPSA) is 74.0 Å². The van der Waals surface area contributed by atoms with E-state index in [0.29, 0.717) is 11.5 Å². The van der Waals surface area contributed by atoms with E-state index in [0.717, 1.165) is 28.1 Å². The van der Waals surface area contributed by atoms with E-state index < -0.39 is 5.91 Å². The number of nitrogens with two attached hydrogens (primary N) is 1. The molecule has 0 aliphatic heterocycles. The summed E-state index contributed by atoms with van der Waals surface area (Å²) in [5.74, 6) is 0.221. The number of hydrogen-bond acceptors (Lipinski definition) is 3. The highest BCUT2D eigenvalue weighted by atomic mass is 16.3. The number of primary amides is 1. The molecule has 2 heterocycles. The number of carbonyl (C=O) groups is 1. The molecule has 0 spiro atoms. The van der Waals surface area contributed by atoms with Crippen LogP contribution in [0.15, 0.2) is 28.7 Å². The quantitative estimate of drug-likeness (QED) is 0.777. The monoisotopic (exact) mass is 269 g/mol. The maximum absolute atomic E-state index is 11.4. The summed E-state index contributed by atoms with van der Waals surface area (Å²) >= 11 is 0. The van der Waals surface area contributed by atoms with Gasteiger partial charge in [-0.15, -0.1) is 0 Å². The molecule has 3 aromatic rings. The van der Waals surface area contributed by atoms with Gasteiger partial charge < -0.3 is 14.7 Å². The van der Waals surface area contributed by atoms with Crippen molar-refractivity contribution in [3.05, 3.63) is 41.4 Å². The van der Waals surface area contributed by atoms with E-state index in [4.69, 9.17) is 10.2 Å². The first kappa shape index (κ1) is 12.5. The Hall–Kier alpha value is -2.56. The van der Waals surface area contributed by atoms with Crippen LogP contribution in [-0.4, -0.2) is 15.5 Å². The number of hydrogen-bond donors (Lipinski definition) is 1. The lowest BCUT2D eigenvalue weighted by molar-refractivity contribution is 0.0999. The normalized spacial score (nSPS) is 11.2. The Kier molecular flexibility index (Phi) is 2.64. The first-order valence-electron chi connectivity index (χ1n) is 6.31. The predicted molar refractivity (Wildman–Crippen MR) is 76.4 cm³/mol. The molecule has 5 nitrogen and oxygen atoms in total. The van der Waals surface area contributed by atoms with E-state index in [9.17, 15) is 4.79 Å². The van der Waals surface area contributed by atoms with Gasteiger partial charge in [0.15, 0.2) is 11.5 Å². The summed E-state index contributed by atoms with van der Waals surface area (Å²) in [6.07, 6.45) is 0. The average Bonchev–Trinajstić information content (AvgIpc) is 2.89. The van der Waals surface area contributed by atoms with Gasteiger partial charge in [-0.05, 0) is 25.1 Å². The summed E-state index contributed by atoms with van der Waals surface area (Å²) in [4.78, 5) is 15.7. The molecule has 0 atom stereocenters. The van der Waals surface area contributed by atoms with Crippen LogP contribution in [0.4, 0.5) is 0 Å². The number of carbonyl (C=O) groups excluding carboxylic acids is 1. The molecule has 1 aromatic carbocycles. The van der Waals surface area contributed by atoms with E-state index in [1.807, 2.05) is 49.7 Å². The Morgan fingerprint density at radius 3 is 2.70 bits per heavy atom. The molecule has 0 fully saturated rings. The van der Waals surface area contributed by atoms with Crippen LogP contribution in [0.3, 0.4) is 0 Å². The molecule has 0 saturated carbocycles. The van der Waals surface area contributed by atoms with Crippen LogP contribution >= 0.6 is 0 Å². The molecule has 5 heteroatoms. The van der Waals surface area contributed by atoms with Gasteiger partial charge in [0.1, 0.15) is 5.52 Å². The van der Waals surface area contributed by atoms with Crippen molar-refractivity contribution < 1.29 is 9.21 Å². The van der Waals surface area contributed by atoms with Crippen LogP contribution < -0.4 is 5.73 Å². The van der Waals surface area contributed by atoms with Crippen LogP contribution in [0.5, 0.6) is 0 Å². The molecule has 0 saturated heterocycles. The SMILES string of the molecule is Cc1nc2ccc(-c3cc(C(N)=O)c(C)n3C)cc2o1. The average molecular weight is 269 g/mol. The third-order valence-corrected chi connectivity index (χ3v) is 3.59. The maximum atomic E-state index is 11.4. The molecule has 3 rings (SSSR count). The molecule has 0 aliphatic carbocycles. The molecule has 1 amide bonds. The summed E-state index contributed by atoms with van der Waals surface area (Å²) in [7, 11) is 1.91. The number of aromatic nitrogens is 2. The molecular formula is C15H15N3O2. The summed E-state index contributed by atoms with van der Waals surface area (Å²) in [5.41, 5.74) is 10.2. The second kappa shape index (κ2) is 4.23. The van der Waals surface area contributed by atoms with Crippen molar-refractivity contribution in [3.63, 3.8) is 0 Å². The van der Waals surface area contributed by atoms with E-state index in [2.05, 4.69) is 4.98 Å². The van der Waals surface area contributed by atoms with Crippen LogP contribution in [0.2, 0.25) is 0 Å². The van der Waals surface area contributed by atoms with Gasteiger partial charge in [0, 0.05) is 30.9 Å². The number of aryl methyl sites for hydroxylation is 1. The molecule has 102 valence electrons. The number of nitrogens with zero attached hydrogens (tertiary/aromatic N) is 2. The second-order valence-corrected chi connectivity index (χ2v) is 4.87. The van der Waals surface area contributed by atoms with Gasteiger partial charge in [-0.25, -0.2) is 4.98 Å². The lowest BCUT2D eigenvalue weighted by atomic mass is 10.1. The van der Waals surface area contributed by atoms with E-state index in [-0.39, 0.29) is 0 Å². The minimum absolute atomic E-state index is 0.416. The first-order chi connectivity index (χ1) is 9.47.